The number of fused-ring (bicyclic) bond motifs is 1. The molecule has 0 saturated heterocycles. The molecule has 2 heterocycles. The molecule has 0 atom stereocenters. The Kier molecular flexibility index (Phi) is 2.52. The van der Waals surface area contributed by atoms with Gasteiger partial charge in [0.05, 0.1) is 16.7 Å². The fourth-order valence-corrected chi connectivity index (χ4v) is 2.48. The van der Waals surface area contributed by atoms with E-state index in [1.165, 1.54) is 12.8 Å². The first-order chi connectivity index (χ1) is 8.99. The summed E-state index contributed by atoms with van der Waals surface area (Å²) < 4.78 is 1.99. The first-order valence-electron chi connectivity index (χ1n) is 6.47. The number of hydrogen-bond donors (Lipinski definition) is 2. The molecule has 0 aliphatic heterocycles. The number of nitrogens with zero attached hydrogens (tertiary/aromatic N) is 2. The predicted molar refractivity (Wildman–Crippen MR) is 71.4 cm³/mol. The normalized spacial score (nSPS) is 15.7. The number of pyridine rings is 1. The largest absolute Gasteiger partial charge is 0.465 e. The van der Waals surface area contributed by atoms with Gasteiger partial charge in [0.15, 0.2) is 0 Å². The van der Waals surface area contributed by atoms with E-state index in [1.807, 2.05) is 42.6 Å². The molecule has 2 aromatic heterocycles. The summed E-state index contributed by atoms with van der Waals surface area (Å²) in [5.74, 6) is 1.28. The molecule has 100 valence electrons. The zero-order valence-corrected chi connectivity index (χ0v) is 11.1. The molecule has 5 heteroatoms. The van der Waals surface area contributed by atoms with Gasteiger partial charge in [-0.1, -0.05) is 6.07 Å². The predicted octanol–water partition coefficient (Wildman–Crippen LogP) is 2.71. The zero-order valence-electron chi connectivity index (χ0n) is 11.1. The summed E-state index contributed by atoms with van der Waals surface area (Å²) in [4.78, 5) is 15.6. The van der Waals surface area contributed by atoms with Crippen molar-refractivity contribution in [2.75, 3.05) is 0 Å². The minimum atomic E-state index is -1.04. The van der Waals surface area contributed by atoms with E-state index in [0.717, 1.165) is 17.0 Å². The second kappa shape index (κ2) is 3.98. The average molecular weight is 259 g/mol. The molecule has 0 spiro atoms. The van der Waals surface area contributed by atoms with E-state index in [0.29, 0.717) is 5.92 Å². The number of carbonyl (C=O) groups is 1. The van der Waals surface area contributed by atoms with Crippen molar-refractivity contribution in [3.8, 4) is 0 Å². The molecule has 1 aliphatic rings. The van der Waals surface area contributed by atoms with E-state index < -0.39 is 11.6 Å². The standard InChI is InChI=1S/C14H17N3O2/c1-14(2,16-13(18)19)12-15-11(9-6-7-9)10-5-3-4-8-17(10)12/h3-5,8-9,16H,6-7H2,1-2H3,(H,18,19). The van der Waals surface area contributed by atoms with Crippen LogP contribution in [0.2, 0.25) is 0 Å². The highest BCUT2D eigenvalue weighted by molar-refractivity contribution is 5.66. The highest BCUT2D eigenvalue weighted by Crippen LogP contribution is 2.42. The monoisotopic (exact) mass is 259 g/mol. The SMILES string of the molecule is CC(C)(NC(=O)O)c1nc(C2CC2)c2ccccn12. The summed E-state index contributed by atoms with van der Waals surface area (Å²) in [6.07, 6.45) is 3.25. The molecular weight excluding hydrogens is 242 g/mol. The third kappa shape index (κ3) is 2.05. The molecule has 1 saturated carbocycles. The van der Waals surface area contributed by atoms with Crippen LogP contribution in [-0.2, 0) is 5.54 Å². The Labute approximate surface area is 111 Å². The summed E-state index contributed by atoms with van der Waals surface area (Å²) in [5, 5.41) is 11.5. The lowest BCUT2D eigenvalue weighted by Crippen LogP contribution is -2.41. The lowest BCUT2D eigenvalue weighted by Gasteiger charge is -2.23. The van der Waals surface area contributed by atoms with Gasteiger partial charge in [0, 0.05) is 12.1 Å². The van der Waals surface area contributed by atoms with Gasteiger partial charge in [-0.2, -0.15) is 0 Å². The number of imidazole rings is 1. The van der Waals surface area contributed by atoms with Crippen LogP contribution in [0.25, 0.3) is 5.52 Å². The van der Waals surface area contributed by atoms with Crippen molar-refractivity contribution in [2.24, 2.45) is 0 Å². The van der Waals surface area contributed by atoms with Crippen LogP contribution >= 0.6 is 0 Å². The fraction of sp³-hybridized carbons (Fsp3) is 0.429. The van der Waals surface area contributed by atoms with E-state index >= 15 is 0 Å². The van der Waals surface area contributed by atoms with Crippen molar-refractivity contribution in [1.29, 1.82) is 0 Å². The van der Waals surface area contributed by atoms with Gasteiger partial charge in [0.25, 0.3) is 0 Å². The Balaban J connectivity index is 2.15. The van der Waals surface area contributed by atoms with E-state index in [9.17, 15) is 4.79 Å². The third-order valence-corrected chi connectivity index (χ3v) is 3.52. The molecule has 2 aromatic rings. The van der Waals surface area contributed by atoms with Gasteiger partial charge >= 0.3 is 6.09 Å². The quantitative estimate of drug-likeness (QED) is 0.890. The topological polar surface area (TPSA) is 66.6 Å². The van der Waals surface area contributed by atoms with Crippen LogP contribution in [-0.4, -0.2) is 20.6 Å². The molecular formula is C14H17N3O2. The maximum atomic E-state index is 10.9. The van der Waals surface area contributed by atoms with E-state index in [2.05, 4.69) is 5.32 Å². The van der Waals surface area contributed by atoms with Gasteiger partial charge in [0.1, 0.15) is 5.82 Å². The van der Waals surface area contributed by atoms with Gasteiger partial charge in [0.2, 0.25) is 0 Å². The van der Waals surface area contributed by atoms with E-state index in [4.69, 9.17) is 10.1 Å². The van der Waals surface area contributed by atoms with Crippen LogP contribution in [0.3, 0.4) is 0 Å². The number of carboxylic acid groups (broad SMARTS) is 1. The van der Waals surface area contributed by atoms with Crippen LogP contribution in [0.5, 0.6) is 0 Å². The van der Waals surface area contributed by atoms with E-state index in [1.54, 1.807) is 0 Å². The maximum Gasteiger partial charge on any atom is 0.405 e. The first-order valence-corrected chi connectivity index (χ1v) is 6.47. The first kappa shape index (κ1) is 12.0. The number of hydrogen-bond acceptors (Lipinski definition) is 2. The van der Waals surface area contributed by atoms with Crippen molar-refractivity contribution in [2.45, 2.75) is 38.1 Å². The van der Waals surface area contributed by atoms with Gasteiger partial charge in [-0.3, -0.25) is 0 Å². The summed E-state index contributed by atoms with van der Waals surface area (Å²) in [5.41, 5.74) is 1.46. The van der Waals surface area contributed by atoms with Crippen molar-refractivity contribution in [1.82, 2.24) is 14.7 Å². The second-order valence-corrected chi connectivity index (χ2v) is 5.61. The lowest BCUT2D eigenvalue weighted by molar-refractivity contribution is 0.181. The maximum absolute atomic E-state index is 10.9. The van der Waals surface area contributed by atoms with Crippen molar-refractivity contribution in [3.63, 3.8) is 0 Å². The highest BCUT2D eigenvalue weighted by Gasteiger charge is 2.33. The van der Waals surface area contributed by atoms with Gasteiger partial charge in [-0.25, -0.2) is 9.78 Å². The number of aromatic nitrogens is 2. The zero-order chi connectivity index (χ0) is 13.6. The lowest BCUT2D eigenvalue weighted by atomic mass is 10.1. The number of amides is 1. The van der Waals surface area contributed by atoms with Crippen LogP contribution < -0.4 is 5.32 Å². The molecule has 3 rings (SSSR count). The Morgan fingerprint density at radius 3 is 2.84 bits per heavy atom. The van der Waals surface area contributed by atoms with Crippen molar-refractivity contribution < 1.29 is 9.90 Å². The molecule has 0 radical (unpaired) electrons. The molecule has 1 fully saturated rings. The van der Waals surface area contributed by atoms with Gasteiger partial charge < -0.3 is 14.8 Å². The summed E-state index contributed by atoms with van der Waals surface area (Å²) >= 11 is 0. The Bertz CT molecular complexity index is 641. The number of rotatable bonds is 3. The van der Waals surface area contributed by atoms with Crippen molar-refractivity contribution in [3.05, 3.63) is 35.9 Å². The number of nitrogens with one attached hydrogen (secondary N) is 1. The Morgan fingerprint density at radius 2 is 2.21 bits per heavy atom. The Hall–Kier alpha value is -2.04. The van der Waals surface area contributed by atoms with Crippen molar-refractivity contribution >= 4 is 11.6 Å². The summed E-state index contributed by atoms with van der Waals surface area (Å²) in [7, 11) is 0. The molecule has 0 bridgehead atoms. The fourth-order valence-electron chi connectivity index (χ4n) is 2.48. The van der Waals surface area contributed by atoms with E-state index in [-0.39, 0.29) is 0 Å². The average Bonchev–Trinajstić information content (AvgIpc) is 3.08. The molecule has 0 unspecified atom stereocenters. The minimum Gasteiger partial charge on any atom is -0.465 e. The summed E-state index contributed by atoms with van der Waals surface area (Å²) in [6, 6.07) is 5.97. The molecule has 2 N–H and O–H groups in total. The Morgan fingerprint density at radius 1 is 1.47 bits per heavy atom. The molecule has 0 aromatic carbocycles. The van der Waals surface area contributed by atoms with Crippen LogP contribution in [0.4, 0.5) is 4.79 Å². The third-order valence-electron chi connectivity index (χ3n) is 3.52. The molecule has 5 nitrogen and oxygen atoms in total. The molecule has 1 amide bonds. The van der Waals surface area contributed by atoms with Gasteiger partial charge in [-0.15, -0.1) is 0 Å². The van der Waals surface area contributed by atoms with Crippen LogP contribution in [0.15, 0.2) is 24.4 Å². The second-order valence-electron chi connectivity index (χ2n) is 5.61. The van der Waals surface area contributed by atoms with Crippen LogP contribution in [0.1, 0.15) is 44.1 Å². The smallest absolute Gasteiger partial charge is 0.405 e. The summed E-state index contributed by atoms with van der Waals surface area (Å²) in [6.45, 7) is 3.67. The molecule has 19 heavy (non-hydrogen) atoms. The van der Waals surface area contributed by atoms with Gasteiger partial charge in [-0.05, 0) is 38.8 Å². The molecule has 1 aliphatic carbocycles. The van der Waals surface area contributed by atoms with Crippen LogP contribution in [0, 0.1) is 0 Å². The minimum absolute atomic E-state index is 0.534. The highest BCUT2D eigenvalue weighted by atomic mass is 16.4.